The van der Waals surface area contributed by atoms with Crippen molar-refractivity contribution in [1.29, 1.82) is 0 Å². The summed E-state index contributed by atoms with van der Waals surface area (Å²) in [6, 6.07) is 0.389. The summed E-state index contributed by atoms with van der Waals surface area (Å²) in [5.74, 6) is 1.18. The van der Waals surface area contributed by atoms with Gasteiger partial charge in [0, 0.05) is 25.7 Å². The molecule has 0 aromatic carbocycles. The average Bonchev–Trinajstić information content (AvgIpc) is 2.90. The summed E-state index contributed by atoms with van der Waals surface area (Å²) < 4.78 is 0. The van der Waals surface area contributed by atoms with Crippen LogP contribution in [0.1, 0.15) is 39.0 Å². The molecule has 0 aliphatic carbocycles. The molecule has 0 spiro atoms. The molecule has 1 fully saturated rings. The van der Waals surface area contributed by atoms with Gasteiger partial charge in [-0.2, -0.15) is 15.0 Å². The van der Waals surface area contributed by atoms with Crippen LogP contribution in [0.5, 0.6) is 0 Å². The van der Waals surface area contributed by atoms with E-state index in [2.05, 4.69) is 32.1 Å². The fourth-order valence-electron chi connectivity index (χ4n) is 2.51. The Balaban J connectivity index is 2.11. The van der Waals surface area contributed by atoms with Crippen LogP contribution < -0.4 is 10.2 Å². The topological polar surface area (TPSA) is 74.2 Å². The van der Waals surface area contributed by atoms with Crippen molar-refractivity contribution in [3.63, 3.8) is 0 Å². The minimum absolute atomic E-state index is 0.224. The van der Waals surface area contributed by atoms with Crippen LogP contribution in [0.25, 0.3) is 0 Å². The van der Waals surface area contributed by atoms with Crippen molar-refractivity contribution < 1.29 is 5.11 Å². The van der Waals surface area contributed by atoms with E-state index in [9.17, 15) is 0 Å². The van der Waals surface area contributed by atoms with Crippen molar-refractivity contribution in [2.24, 2.45) is 0 Å². The van der Waals surface area contributed by atoms with Gasteiger partial charge in [-0.25, -0.2) is 0 Å². The van der Waals surface area contributed by atoms with Crippen LogP contribution in [-0.2, 0) is 0 Å². The summed E-state index contributed by atoms with van der Waals surface area (Å²) >= 11 is 5.99. The molecule has 0 bridgehead atoms. The Morgan fingerprint density at radius 2 is 2.25 bits per heavy atom. The Morgan fingerprint density at radius 3 is 3.00 bits per heavy atom. The molecule has 7 heteroatoms. The summed E-state index contributed by atoms with van der Waals surface area (Å²) in [6.45, 7) is 4.06. The standard InChI is InChI=1S/C13H22ClN5O/c1-2-7-15-12-16-11(14)17-13(18-12)19-8-3-5-10(19)6-4-9-20/h10,20H,2-9H2,1H3,(H,15,16,17,18). The smallest absolute Gasteiger partial charge is 0.231 e. The van der Waals surface area contributed by atoms with E-state index in [-0.39, 0.29) is 11.9 Å². The molecule has 2 rings (SSSR count). The largest absolute Gasteiger partial charge is 0.396 e. The van der Waals surface area contributed by atoms with Gasteiger partial charge in [0.05, 0.1) is 0 Å². The molecule has 0 amide bonds. The molecule has 6 nitrogen and oxygen atoms in total. The monoisotopic (exact) mass is 299 g/mol. The van der Waals surface area contributed by atoms with Gasteiger partial charge in [0.25, 0.3) is 0 Å². The van der Waals surface area contributed by atoms with Crippen molar-refractivity contribution in [2.75, 3.05) is 29.9 Å². The van der Waals surface area contributed by atoms with Crippen molar-refractivity contribution in [1.82, 2.24) is 15.0 Å². The van der Waals surface area contributed by atoms with Crippen LogP contribution in [0, 0.1) is 0 Å². The molecule has 0 saturated carbocycles. The SMILES string of the molecule is CCCNc1nc(Cl)nc(N2CCCC2CCCO)n1. The number of anilines is 2. The van der Waals surface area contributed by atoms with Crippen LogP contribution in [0.2, 0.25) is 5.28 Å². The summed E-state index contributed by atoms with van der Waals surface area (Å²) in [5, 5.41) is 12.3. The van der Waals surface area contributed by atoms with Crippen molar-refractivity contribution in [2.45, 2.75) is 45.1 Å². The van der Waals surface area contributed by atoms with Crippen LogP contribution in [-0.4, -0.2) is 45.8 Å². The van der Waals surface area contributed by atoms with E-state index >= 15 is 0 Å². The summed E-state index contributed by atoms with van der Waals surface area (Å²) in [7, 11) is 0. The Morgan fingerprint density at radius 1 is 1.40 bits per heavy atom. The quantitative estimate of drug-likeness (QED) is 0.803. The fourth-order valence-corrected chi connectivity index (χ4v) is 2.67. The summed E-state index contributed by atoms with van der Waals surface area (Å²) in [4.78, 5) is 15.0. The zero-order chi connectivity index (χ0) is 14.4. The molecule has 1 atom stereocenters. The summed E-state index contributed by atoms with van der Waals surface area (Å²) in [6.07, 6.45) is 5.00. The first-order valence-electron chi connectivity index (χ1n) is 7.27. The maximum Gasteiger partial charge on any atom is 0.231 e. The van der Waals surface area contributed by atoms with Gasteiger partial charge < -0.3 is 15.3 Å². The highest BCUT2D eigenvalue weighted by Gasteiger charge is 2.26. The first-order valence-corrected chi connectivity index (χ1v) is 7.65. The normalized spacial score (nSPS) is 18.6. The number of hydrogen-bond donors (Lipinski definition) is 2. The maximum atomic E-state index is 8.98. The van der Waals surface area contributed by atoms with Gasteiger partial charge in [-0.05, 0) is 43.7 Å². The number of halogens is 1. The second-order valence-corrected chi connectivity index (χ2v) is 5.35. The molecule has 0 radical (unpaired) electrons. The van der Waals surface area contributed by atoms with Crippen molar-refractivity contribution in [3.8, 4) is 0 Å². The molecule has 1 saturated heterocycles. The molecule has 1 aliphatic rings. The fraction of sp³-hybridized carbons (Fsp3) is 0.769. The molecule has 2 N–H and O–H groups in total. The van der Waals surface area contributed by atoms with Gasteiger partial charge in [-0.1, -0.05) is 6.92 Å². The highest BCUT2D eigenvalue weighted by molar-refractivity contribution is 6.28. The lowest BCUT2D eigenvalue weighted by Crippen LogP contribution is -2.31. The Labute approximate surface area is 124 Å². The highest BCUT2D eigenvalue weighted by atomic mass is 35.5. The molecular formula is C13H22ClN5O. The van der Waals surface area contributed by atoms with E-state index in [0.29, 0.717) is 17.9 Å². The minimum atomic E-state index is 0.224. The van der Waals surface area contributed by atoms with Gasteiger partial charge >= 0.3 is 0 Å². The van der Waals surface area contributed by atoms with Crippen LogP contribution in [0.15, 0.2) is 0 Å². The number of aliphatic hydroxyl groups is 1. The predicted molar refractivity (Wildman–Crippen MR) is 80.3 cm³/mol. The second-order valence-electron chi connectivity index (χ2n) is 5.01. The zero-order valence-corrected chi connectivity index (χ0v) is 12.6. The van der Waals surface area contributed by atoms with Gasteiger partial charge in [0.2, 0.25) is 17.2 Å². The number of nitrogens with zero attached hydrogens (tertiary/aromatic N) is 4. The van der Waals surface area contributed by atoms with Crippen LogP contribution >= 0.6 is 11.6 Å². The van der Waals surface area contributed by atoms with E-state index < -0.39 is 0 Å². The minimum Gasteiger partial charge on any atom is -0.396 e. The molecule has 112 valence electrons. The van der Waals surface area contributed by atoms with Gasteiger partial charge in [0.15, 0.2) is 0 Å². The van der Waals surface area contributed by atoms with E-state index in [0.717, 1.165) is 45.2 Å². The molecule has 20 heavy (non-hydrogen) atoms. The van der Waals surface area contributed by atoms with Crippen LogP contribution in [0.4, 0.5) is 11.9 Å². The van der Waals surface area contributed by atoms with Crippen LogP contribution in [0.3, 0.4) is 0 Å². The maximum absolute atomic E-state index is 8.98. The lowest BCUT2D eigenvalue weighted by atomic mass is 10.1. The number of aliphatic hydroxyl groups excluding tert-OH is 1. The molecular weight excluding hydrogens is 278 g/mol. The zero-order valence-electron chi connectivity index (χ0n) is 11.8. The Kier molecular flexibility index (Phi) is 5.79. The van der Waals surface area contributed by atoms with Gasteiger partial charge in [0.1, 0.15) is 0 Å². The lowest BCUT2D eigenvalue weighted by Gasteiger charge is -2.24. The first kappa shape index (κ1) is 15.3. The van der Waals surface area contributed by atoms with E-state index in [4.69, 9.17) is 16.7 Å². The third-order valence-electron chi connectivity index (χ3n) is 3.46. The number of aromatic nitrogens is 3. The molecule has 1 aliphatic heterocycles. The third-order valence-corrected chi connectivity index (χ3v) is 3.63. The number of rotatable bonds is 7. The van der Waals surface area contributed by atoms with Gasteiger partial charge in [-0.15, -0.1) is 0 Å². The molecule has 1 aromatic rings. The van der Waals surface area contributed by atoms with E-state index in [1.165, 1.54) is 0 Å². The van der Waals surface area contributed by atoms with E-state index in [1.54, 1.807) is 0 Å². The highest BCUT2D eigenvalue weighted by Crippen LogP contribution is 2.26. The number of nitrogens with one attached hydrogen (secondary N) is 1. The Hall–Kier alpha value is -1.14. The van der Waals surface area contributed by atoms with Crippen molar-refractivity contribution >= 4 is 23.5 Å². The molecule has 2 heterocycles. The number of hydrogen-bond acceptors (Lipinski definition) is 6. The third kappa shape index (κ3) is 3.93. The summed E-state index contributed by atoms with van der Waals surface area (Å²) in [5.41, 5.74) is 0. The lowest BCUT2D eigenvalue weighted by molar-refractivity contribution is 0.279. The Bertz CT molecular complexity index is 431. The average molecular weight is 300 g/mol. The predicted octanol–water partition coefficient (Wildman–Crippen LogP) is 2.09. The van der Waals surface area contributed by atoms with Crippen molar-refractivity contribution in [3.05, 3.63) is 5.28 Å². The van der Waals surface area contributed by atoms with E-state index in [1.807, 2.05) is 0 Å². The van der Waals surface area contributed by atoms with Gasteiger partial charge in [-0.3, -0.25) is 0 Å². The first-order chi connectivity index (χ1) is 9.74. The second kappa shape index (κ2) is 7.59. The molecule has 1 unspecified atom stereocenters. The molecule has 1 aromatic heterocycles.